The Morgan fingerprint density at radius 2 is 2.00 bits per heavy atom. The summed E-state index contributed by atoms with van der Waals surface area (Å²) in [5.74, 6) is 1.75. The molecule has 1 heterocycles. The molecule has 0 fully saturated rings. The summed E-state index contributed by atoms with van der Waals surface area (Å²) in [4.78, 5) is 0. The van der Waals surface area contributed by atoms with Gasteiger partial charge in [0.15, 0.2) is 0 Å². The molecule has 16 heavy (non-hydrogen) atoms. The van der Waals surface area contributed by atoms with Crippen molar-refractivity contribution in [3.8, 4) is 0 Å². The highest BCUT2D eigenvalue weighted by atomic mass is 35.5. The topological polar surface area (TPSA) is 39.2 Å². The zero-order chi connectivity index (χ0) is 11.7. The van der Waals surface area contributed by atoms with Crippen LogP contribution >= 0.6 is 11.6 Å². The van der Waals surface area contributed by atoms with Crippen LogP contribution in [-0.2, 0) is 0 Å². The van der Waals surface area contributed by atoms with Gasteiger partial charge in [-0.2, -0.15) is 0 Å². The predicted octanol–water partition coefficient (Wildman–Crippen LogP) is 3.60. The van der Waals surface area contributed by atoms with E-state index in [1.54, 1.807) is 0 Å². The molecular weight excluding hydrogens is 222 g/mol. The van der Waals surface area contributed by atoms with E-state index in [-0.39, 0.29) is 6.04 Å². The Morgan fingerprint density at radius 1 is 1.25 bits per heavy atom. The lowest BCUT2D eigenvalue weighted by Gasteiger charge is -2.11. The van der Waals surface area contributed by atoms with Crippen molar-refractivity contribution in [3.63, 3.8) is 0 Å². The van der Waals surface area contributed by atoms with Gasteiger partial charge in [0.1, 0.15) is 11.5 Å². The first-order valence-corrected chi connectivity index (χ1v) is 5.53. The van der Waals surface area contributed by atoms with Crippen molar-refractivity contribution >= 4 is 11.6 Å². The van der Waals surface area contributed by atoms with Crippen molar-refractivity contribution < 1.29 is 4.42 Å². The van der Waals surface area contributed by atoms with E-state index >= 15 is 0 Å². The summed E-state index contributed by atoms with van der Waals surface area (Å²) < 4.78 is 5.47. The number of hydrogen-bond acceptors (Lipinski definition) is 2. The van der Waals surface area contributed by atoms with E-state index in [0.29, 0.717) is 5.02 Å². The normalized spacial score (nSPS) is 12.8. The average molecular weight is 236 g/mol. The van der Waals surface area contributed by atoms with Crippen molar-refractivity contribution in [3.05, 3.63) is 58.0 Å². The van der Waals surface area contributed by atoms with E-state index in [2.05, 4.69) is 0 Å². The van der Waals surface area contributed by atoms with Gasteiger partial charge in [-0.1, -0.05) is 23.7 Å². The number of benzene rings is 1. The minimum Gasteiger partial charge on any atom is -0.466 e. The number of nitrogens with two attached hydrogens (primary N) is 1. The molecule has 0 aliphatic rings. The average Bonchev–Trinajstić information content (AvgIpc) is 2.57. The van der Waals surface area contributed by atoms with Crippen LogP contribution < -0.4 is 5.73 Å². The van der Waals surface area contributed by atoms with Crippen LogP contribution in [0.3, 0.4) is 0 Å². The van der Waals surface area contributed by atoms with Gasteiger partial charge in [0.25, 0.3) is 0 Å². The highest BCUT2D eigenvalue weighted by Gasteiger charge is 2.15. The molecule has 2 nitrogen and oxygen atoms in total. The van der Waals surface area contributed by atoms with Crippen LogP contribution in [0.2, 0.25) is 5.02 Å². The number of furan rings is 1. The summed E-state index contributed by atoms with van der Waals surface area (Å²) in [7, 11) is 0. The predicted molar refractivity (Wildman–Crippen MR) is 65.7 cm³/mol. The molecule has 0 radical (unpaired) electrons. The fourth-order valence-corrected chi connectivity index (χ4v) is 2.04. The van der Waals surface area contributed by atoms with E-state index in [1.165, 1.54) is 0 Å². The molecule has 0 aliphatic heterocycles. The molecule has 3 heteroatoms. The first kappa shape index (κ1) is 11.2. The Labute approximate surface area is 100 Å². The van der Waals surface area contributed by atoms with Crippen molar-refractivity contribution in [2.45, 2.75) is 19.9 Å². The second-order valence-electron chi connectivity index (χ2n) is 3.90. The maximum atomic E-state index is 6.18. The molecular formula is C13H14ClNO. The summed E-state index contributed by atoms with van der Waals surface area (Å²) in [6.45, 7) is 3.84. The highest BCUT2D eigenvalue weighted by Crippen LogP contribution is 2.26. The second-order valence-corrected chi connectivity index (χ2v) is 4.34. The molecule has 0 saturated heterocycles. The summed E-state index contributed by atoms with van der Waals surface area (Å²) in [5, 5.41) is 0.700. The SMILES string of the molecule is Cc1cc(C(N)c2cccc(Cl)c2)c(C)o1. The van der Waals surface area contributed by atoms with E-state index in [1.807, 2.05) is 44.2 Å². The van der Waals surface area contributed by atoms with E-state index in [0.717, 1.165) is 22.6 Å². The molecule has 1 unspecified atom stereocenters. The van der Waals surface area contributed by atoms with E-state index in [9.17, 15) is 0 Å². The van der Waals surface area contributed by atoms with Crippen LogP contribution in [0.5, 0.6) is 0 Å². The Hall–Kier alpha value is -1.25. The standard InChI is InChI=1S/C13H14ClNO/c1-8-6-12(9(2)16-8)13(15)10-4-3-5-11(14)7-10/h3-7,13H,15H2,1-2H3. The monoisotopic (exact) mass is 235 g/mol. The van der Waals surface area contributed by atoms with E-state index < -0.39 is 0 Å². The van der Waals surface area contributed by atoms with Crippen LogP contribution in [0, 0.1) is 13.8 Å². The van der Waals surface area contributed by atoms with Gasteiger partial charge in [-0.25, -0.2) is 0 Å². The van der Waals surface area contributed by atoms with Gasteiger partial charge < -0.3 is 10.2 Å². The van der Waals surface area contributed by atoms with Crippen molar-refractivity contribution in [2.24, 2.45) is 5.73 Å². The minimum atomic E-state index is -0.184. The summed E-state index contributed by atoms with van der Waals surface area (Å²) in [5.41, 5.74) is 8.19. The van der Waals surface area contributed by atoms with Crippen LogP contribution in [-0.4, -0.2) is 0 Å². The number of rotatable bonds is 2. The fourth-order valence-electron chi connectivity index (χ4n) is 1.84. The summed E-state index contributed by atoms with van der Waals surface area (Å²) >= 11 is 5.94. The molecule has 1 atom stereocenters. The van der Waals surface area contributed by atoms with Crippen LogP contribution in [0.25, 0.3) is 0 Å². The zero-order valence-electron chi connectivity index (χ0n) is 9.33. The molecule has 0 bridgehead atoms. The smallest absolute Gasteiger partial charge is 0.106 e. The first-order chi connectivity index (χ1) is 7.58. The quantitative estimate of drug-likeness (QED) is 0.864. The van der Waals surface area contributed by atoms with Crippen molar-refractivity contribution in [1.29, 1.82) is 0 Å². The molecule has 2 aromatic rings. The molecule has 2 rings (SSSR count). The van der Waals surface area contributed by atoms with Gasteiger partial charge in [-0.15, -0.1) is 0 Å². The van der Waals surface area contributed by atoms with Crippen molar-refractivity contribution in [2.75, 3.05) is 0 Å². The molecule has 1 aromatic heterocycles. The third-order valence-corrected chi connectivity index (χ3v) is 2.86. The third kappa shape index (κ3) is 2.13. The second kappa shape index (κ2) is 4.32. The molecule has 0 saturated carbocycles. The van der Waals surface area contributed by atoms with Crippen LogP contribution in [0.4, 0.5) is 0 Å². The lowest BCUT2D eigenvalue weighted by atomic mass is 10.00. The van der Waals surface area contributed by atoms with Gasteiger partial charge >= 0.3 is 0 Å². The van der Waals surface area contributed by atoms with Gasteiger partial charge in [0, 0.05) is 10.6 Å². The third-order valence-electron chi connectivity index (χ3n) is 2.62. The Morgan fingerprint density at radius 3 is 2.56 bits per heavy atom. The minimum absolute atomic E-state index is 0.184. The number of aryl methyl sites for hydroxylation is 2. The lowest BCUT2D eigenvalue weighted by Crippen LogP contribution is -2.11. The molecule has 0 amide bonds. The van der Waals surface area contributed by atoms with Crippen LogP contribution in [0.15, 0.2) is 34.7 Å². The van der Waals surface area contributed by atoms with Gasteiger partial charge in [-0.05, 0) is 37.6 Å². The van der Waals surface area contributed by atoms with Gasteiger partial charge in [0.2, 0.25) is 0 Å². The molecule has 0 aliphatic carbocycles. The van der Waals surface area contributed by atoms with E-state index in [4.69, 9.17) is 21.8 Å². The summed E-state index contributed by atoms with van der Waals surface area (Å²) in [6.07, 6.45) is 0. The number of hydrogen-bond donors (Lipinski definition) is 1. The molecule has 1 aromatic carbocycles. The molecule has 0 spiro atoms. The maximum Gasteiger partial charge on any atom is 0.106 e. The van der Waals surface area contributed by atoms with Crippen molar-refractivity contribution in [1.82, 2.24) is 0 Å². The summed E-state index contributed by atoms with van der Waals surface area (Å²) in [6, 6.07) is 9.38. The van der Waals surface area contributed by atoms with Gasteiger partial charge in [0.05, 0.1) is 6.04 Å². The first-order valence-electron chi connectivity index (χ1n) is 5.16. The Kier molecular flexibility index (Phi) is 3.03. The zero-order valence-corrected chi connectivity index (χ0v) is 10.1. The molecule has 2 N–H and O–H groups in total. The van der Waals surface area contributed by atoms with Crippen LogP contribution in [0.1, 0.15) is 28.7 Å². The fraction of sp³-hybridized carbons (Fsp3) is 0.231. The Balaban J connectivity index is 2.38. The maximum absolute atomic E-state index is 6.18. The van der Waals surface area contributed by atoms with Gasteiger partial charge in [-0.3, -0.25) is 0 Å². The number of halogens is 1. The lowest BCUT2D eigenvalue weighted by molar-refractivity contribution is 0.499. The Bertz CT molecular complexity index is 504. The highest BCUT2D eigenvalue weighted by molar-refractivity contribution is 6.30. The largest absolute Gasteiger partial charge is 0.466 e. The molecule has 84 valence electrons.